The third-order valence-corrected chi connectivity index (χ3v) is 2.37. The van der Waals surface area contributed by atoms with Gasteiger partial charge in [0, 0.05) is 0 Å². The van der Waals surface area contributed by atoms with Crippen LogP contribution in [0.5, 0.6) is 5.75 Å². The number of hydrogen-bond acceptors (Lipinski definition) is 5. The molecule has 1 heterocycles. The number of aromatic nitrogens is 1. The quantitative estimate of drug-likeness (QED) is 0.660. The predicted octanol–water partition coefficient (Wildman–Crippen LogP) is 2.66. The van der Waals surface area contributed by atoms with Crippen LogP contribution in [0.15, 0.2) is 23.3 Å². The number of fused-ring (bicyclic) bond motifs is 1. The molecular weight excluding hydrogens is 174 g/mol. The molecule has 0 unspecified atom stereocenters. The summed E-state index contributed by atoms with van der Waals surface area (Å²) < 4.78 is 0.848. The zero-order valence-corrected chi connectivity index (χ0v) is 6.80. The molecule has 0 bridgehead atoms. The van der Waals surface area contributed by atoms with Crippen molar-refractivity contribution in [2.24, 2.45) is 5.11 Å². The monoisotopic (exact) mass is 179 g/mol. The maximum absolute atomic E-state index is 9.11. The maximum atomic E-state index is 9.11. The Morgan fingerprint density at radius 3 is 3.08 bits per heavy atom. The molecule has 0 saturated heterocycles. The number of nitrogens with zero attached hydrogens (tertiary/aromatic N) is 2. The molecule has 60 valence electrons. The van der Waals surface area contributed by atoms with Gasteiger partial charge in [-0.25, -0.2) is 10.5 Å². The number of rotatable bonds is 1. The van der Waals surface area contributed by atoms with Crippen LogP contribution in [0.25, 0.3) is 10.2 Å². The number of phenolic OH excluding ortho intramolecular Hbond substituents is 1. The zero-order valence-electron chi connectivity index (χ0n) is 5.98. The van der Waals surface area contributed by atoms with Crippen molar-refractivity contribution in [1.82, 2.24) is 4.98 Å². The molecule has 4 nitrogen and oxygen atoms in total. The Kier molecular flexibility index (Phi) is 1.51. The van der Waals surface area contributed by atoms with Gasteiger partial charge in [0.1, 0.15) is 5.75 Å². The summed E-state index contributed by atoms with van der Waals surface area (Å²) in [4.78, 5) is 4.03. The van der Waals surface area contributed by atoms with Gasteiger partial charge in [0.15, 0.2) is 0 Å². The normalized spacial score (nSPS) is 10.3. The average Bonchev–Trinajstić information content (AvgIpc) is 2.46. The number of benzene rings is 1. The highest BCUT2D eigenvalue weighted by molar-refractivity contribution is 7.21. The Hall–Kier alpha value is -1.49. The van der Waals surface area contributed by atoms with E-state index in [1.807, 2.05) is 0 Å². The van der Waals surface area contributed by atoms with Crippen LogP contribution in [0.1, 0.15) is 0 Å². The Morgan fingerprint density at radius 2 is 2.33 bits per heavy atom. The molecule has 0 atom stereocenters. The SMILES string of the molecule is N=Nc1nc2ccc(O)cc2s1. The molecule has 0 aliphatic carbocycles. The predicted molar refractivity (Wildman–Crippen MR) is 46.1 cm³/mol. The van der Waals surface area contributed by atoms with E-state index in [2.05, 4.69) is 10.1 Å². The van der Waals surface area contributed by atoms with Crippen LogP contribution in [0.4, 0.5) is 5.13 Å². The van der Waals surface area contributed by atoms with Crippen molar-refractivity contribution < 1.29 is 5.11 Å². The first kappa shape index (κ1) is 7.17. The standard InChI is InChI=1S/C7H5N3OS/c8-10-7-9-5-2-1-4(11)3-6(5)12-7/h1-3,8,11H. The molecule has 0 aliphatic rings. The van der Waals surface area contributed by atoms with Crippen LogP contribution in [0, 0.1) is 5.53 Å². The molecule has 12 heavy (non-hydrogen) atoms. The van der Waals surface area contributed by atoms with Crippen LogP contribution in [0.2, 0.25) is 0 Å². The summed E-state index contributed by atoms with van der Waals surface area (Å²) in [6.45, 7) is 0. The van der Waals surface area contributed by atoms with Gasteiger partial charge in [-0.15, -0.1) is 5.11 Å². The number of thiazole rings is 1. The smallest absolute Gasteiger partial charge is 0.230 e. The summed E-state index contributed by atoms with van der Waals surface area (Å²) >= 11 is 1.29. The molecular formula is C7H5N3OS. The lowest BCUT2D eigenvalue weighted by molar-refractivity contribution is 0.476. The van der Waals surface area contributed by atoms with Crippen molar-refractivity contribution in [1.29, 1.82) is 5.53 Å². The Labute approximate surface area is 72.0 Å². The Bertz CT molecular complexity index is 437. The van der Waals surface area contributed by atoms with E-state index in [0.29, 0.717) is 5.13 Å². The highest BCUT2D eigenvalue weighted by Crippen LogP contribution is 2.29. The first-order chi connectivity index (χ1) is 5.79. The van der Waals surface area contributed by atoms with E-state index in [9.17, 15) is 0 Å². The Balaban J connectivity index is 2.75. The highest BCUT2D eigenvalue weighted by Gasteiger charge is 2.02. The van der Waals surface area contributed by atoms with Crippen LogP contribution in [-0.4, -0.2) is 10.1 Å². The molecule has 2 aromatic rings. The topological polar surface area (TPSA) is 69.3 Å². The number of nitrogens with one attached hydrogen (secondary N) is 1. The minimum absolute atomic E-state index is 0.211. The van der Waals surface area contributed by atoms with Crippen molar-refractivity contribution >= 4 is 26.7 Å². The first-order valence-electron chi connectivity index (χ1n) is 3.26. The summed E-state index contributed by atoms with van der Waals surface area (Å²) in [7, 11) is 0. The van der Waals surface area contributed by atoms with Gasteiger partial charge in [-0.2, -0.15) is 0 Å². The lowest BCUT2D eigenvalue weighted by Gasteiger charge is -1.87. The van der Waals surface area contributed by atoms with Crippen LogP contribution in [0.3, 0.4) is 0 Å². The molecule has 2 N–H and O–H groups in total. The summed E-state index contributed by atoms with van der Waals surface area (Å²) in [5.74, 6) is 0.211. The molecule has 0 fully saturated rings. The molecule has 5 heteroatoms. The van der Waals surface area contributed by atoms with E-state index >= 15 is 0 Å². The third kappa shape index (κ3) is 1.04. The third-order valence-electron chi connectivity index (χ3n) is 1.46. The fraction of sp³-hybridized carbons (Fsp3) is 0. The Morgan fingerprint density at radius 1 is 1.50 bits per heavy atom. The van der Waals surface area contributed by atoms with Gasteiger partial charge in [0.25, 0.3) is 0 Å². The summed E-state index contributed by atoms with van der Waals surface area (Å²) in [5.41, 5.74) is 7.51. The van der Waals surface area contributed by atoms with E-state index in [0.717, 1.165) is 10.2 Å². The lowest BCUT2D eigenvalue weighted by Crippen LogP contribution is -1.65. The number of hydrogen-bond donors (Lipinski definition) is 2. The van der Waals surface area contributed by atoms with E-state index in [-0.39, 0.29) is 5.75 Å². The molecule has 0 aliphatic heterocycles. The second-order valence-corrected chi connectivity index (χ2v) is 3.27. The van der Waals surface area contributed by atoms with Crippen LogP contribution >= 0.6 is 11.3 Å². The van der Waals surface area contributed by atoms with Crippen molar-refractivity contribution in [3.8, 4) is 5.75 Å². The average molecular weight is 179 g/mol. The fourth-order valence-electron chi connectivity index (χ4n) is 0.949. The van der Waals surface area contributed by atoms with Crippen LogP contribution in [-0.2, 0) is 0 Å². The fourth-order valence-corrected chi connectivity index (χ4v) is 1.73. The van der Waals surface area contributed by atoms with Gasteiger partial charge in [-0.3, -0.25) is 0 Å². The van der Waals surface area contributed by atoms with Gasteiger partial charge < -0.3 is 5.11 Å². The minimum atomic E-state index is 0.211. The molecule has 0 saturated carbocycles. The number of aromatic hydroxyl groups is 1. The van der Waals surface area contributed by atoms with Crippen molar-refractivity contribution in [3.63, 3.8) is 0 Å². The van der Waals surface area contributed by atoms with E-state index in [1.54, 1.807) is 18.2 Å². The van der Waals surface area contributed by atoms with Gasteiger partial charge in [0.05, 0.1) is 10.2 Å². The molecule has 0 radical (unpaired) electrons. The van der Waals surface area contributed by atoms with Crippen molar-refractivity contribution in [3.05, 3.63) is 18.2 Å². The summed E-state index contributed by atoms with van der Waals surface area (Å²) in [6.07, 6.45) is 0. The summed E-state index contributed by atoms with van der Waals surface area (Å²) in [6, 6.07) is 4.88. The maximum Gasteiger partial charge on any atom is 0.230 e. The second-order valence-electron chi connectivity index (χ2n) is 2.26. The van der Waals surface area contributed by atoms with Gasteiger partial charge in [-0.05, 0) is 18.2 Å². The molecule has 1 aromatic heterocycles. The van der Waals surface area contributed by atoms with Crippen molar-refractivity contribution in [2.45, 2.75) is 0 Å². The largest absolute Gasteiger partial charge is 0.508 e. The first-order valence-corrected chi connectivity index (χ1v) is 4.08. The minimum Gasteiger partial charge on any atom is -0.508 e. The molecule has 2 rings (SSSR count). The highest BCUT2D eigenvalue weighted by atomic mass is 32.1. The van der Waals surface area contributed by atoms with Gasteiger partial charge in [-0.1, -0.05) is 11.3 Å². The van der Waals surface area contributed by atoms with Gasteiger partial charge >= 0.3 is 0 Å². The van der Waals surface area contributed by atoms with E-state index < -0.39 is 0 Å². The number of phenols is 1. The van der Waals surface area contributed by atoms with Gasteiger partial charge in [0.2, 0.25) is 5.13 Å². The zero-order chi connectivity index (χ0) is 8.55. The lowest BCUT2D eigenvalue weighted by atomic mass is 10.3. The molecule has 0 spiro atoms. The van der Waals surface area contributed by atoms with Crippen LogP contribution < -0.4 is 0 Å². The molecule has 1 aromatic carbocycles. The van der Waals surface area contributed by atoms with E-state index in [4.69, 9.17) is 10.6 Å². The molecule has 0 amide bonds. The summed E-state index contributed by atoms with van der Waals surface area (Å²) in [5, 5.41) is 12.7. The van der Waals surface area contributed by atoms with E-state index in [1.165, 1.54) is 11.3 Å². The van der Waals surface area contributed by atoms with Crippen molar-refractivity contribution in [2.75, 3.05) is 0 Å². The second kappa shape index (κ2) is 2.53.